The summed E-state index contributed by atoms with van der Waals surface area (Å²) in [5.74, 6) is 0.725. The molecule has 0 atom stereocenters. The number of carbonyl (C=O) groups excluding carboxylic acids is 2. The number of aromatic nitrogens is 4. The zero-order chi connectivity index (χ0) is 26.2. The molecule has 0 aliphatic carbocycles. The van der Waals surface area contributed by atoms with Gasteiger partial charge in [0.2, 0.25) is 0 Å². The highest BCUT2D eigenvalue weighted by Crippen LogP contribution is 2.36. The molecule has 0 unspecified atom stereocenters. The molecule has 0 saturated carbocycles. The quantitative estimate of drug-likeness (QED) is 0.517. The van der Waals surface area contributed by atoms with Crippen molar-refractivity contribution in [2.45, 2.75) is 46.3 Å². The monoisotopic (exact) mass is 496 g/mol. The van der Waals surface area contributed by atoms with Crippen molar-refractivity contribution in [1.82, 2.24) is 30.0 Å². The molecule has 1 aromatic carbocycles. The van der Waals surface area contributed by atoms with Gasteiger partial charge in [-0.2, -0.15) is 5.10 Å². The largest absolute Gasteiger partial charge is 0.466 e. The number of amides is 2. The van der Waals surface area contributed by atoms with Gasteiger partial charge in [-0.15, -0.1) is 0 Å². The second-order valence-corrected chi connectivity index (χ2v) is 9.92. The van der Waals surface area contributed by atoms with Crippen molar-refractivity contribution >= 4 is 22.9 Å². The first-order valence-corrected chi connectivity index (χ1v) is 11.7. The summed E-state index contributed by atoms with van der Waals surface area (Å²) < 4.78 is 18.1. The third-order valence-corrected chi connectivity index (χ3v) is 5.75. The Labute approximate surface area is 209 Å². The number of aryl methyl sites for hydroxylation is 3. The minimum absolute atomic E-state index is 0.0629. The lowest BCUT2D eigenvalue weighted by Crippen LogP contribution is -2.61. The van der Waals surface area contributed by atoms with Gasteiger partial charge in [-0.1, -0.05) is 0 Å². The molecule has 0 spiro atoms. The fourth-order valence-electron chi connectivity index (χ4n) is 4.03. The highest BCUT2D eigenvalue weighted by molar-refractivity contribution is 5.96. The molecular formula is C25H32N6O5. The summed E-state index contributed by atoms with van der Waals surface area (Å²) >= 11 is 0. The van der Waals surface area contributed by atoms with Gasteiger partial charge in [0.05, 0.1) is 28.4 Å². The number of hydrogen-bond donors (Lipinski definition) is 1. The van der Waals surface area contributed by atoms with Gasteiger partial charge in [-0.25, -0.2) is 14.8 Å². The predicted molar refractivity (Wildman–Crippen MR) is 133 cm³/mol. The maximum absolute atomic E-state index is 12.9. The van der Waals surface area contributed by atoms with E-state index in [0.29, 0.717) is 41.5 Å². The Bertz CT molecular complexity index is 1310. The number of methoxy groups -OCH3 is 1. The first-order chi connectivity index (χ1) is 17.0. The van der Waals surface area contributed by atoms with Crippen molar-refractivity contribution < 1.29 is 23.8 Å². The molecule has 3 heterocycles. The van der Waals surface area contributed by atoms with Crippen molar-refractivity contribution in [1.29, 1.82) is 0 Å². The van der Waals surface area contributed by atoms with Crippen LogP contribution < -0.4 is 10.1 Å². The average molecular weight is 497 g/mol. The van der Waals surface area contributed by atoms with Gasteiger partial charge in [-0.05, 0) is 40.7 Å². The van der Waals surface area contributed by atoms with Crippen molar-refractivity contribution in [2.75, 3.05) is 27.0 Å². The molecule has 2 amide bonds. The number of rotatable bonds is 6. The van der Waals surface area contributed by atoms with E-state index in [1.54, 1.807) is 23.6 Å². The molecule has 11 nitrogen and oxygen atoms in total. The lowest BCUT2D eigenvalue weighted by molar-refractivity contribution is 0.00531. The second kappa shape index (κ2) is 9.73. The normalized spacial score (nSPS) is 14.0. The van der Waals surface area contributed by atoms with Crippen LogP contribution in [0.1, 0.15) is 42.4 Å². The van der Waals surface area contributed by atoms with Crippen molar-refractivity contribution in [3.05, 3.63) is 35.3 Å². The third kappa shape index (κ3) is 5.25. The Balaban J connectivity index is 1.51. The summed E-state index contributed by atoms with van der Waals surface area (Å²) in [5, 5.41) is 8.38. The van der Waals surface area contributed by atoms with Crippen LogP contribution in [0.5, 0.6) is 5.75 Å². The Hall–Kier alpha value is -3.73. The number of carbonyl (C=O) groups is 2. The van der Waals surface area contributed by atoms with E-state index in [1.807, 2.05) is 47.0 Å². The molecule has 0 radical (unpaired) electrons. The lowest BCUT2D eigenvalue weighted by atomic mass is 10.0. The number of benzene rings is 1. The number of nitrogens with zero attached hydrogens (tertiary/aromatic N) is 5. The number of fused-ring (bicyclic) bond motifs is 1. The maximum atomic E-state index is 12.9. The molecule has 0 bridgehead atoms. The van der Waals surface area contributed by atoms with Gasteiger partial charge >= 0.3 is 6.09 Å². The van der Waals surface area contributed by atoms with Crippen LogP contribution in [-0.4, -0.2) is 75.3 Å². The van der Waals surface area contributed by atoms with Crippen LogP contribution in [0.25, 0.3) is 22.3 Å². The lowest BCUT2D eigenvalue weighted by Gasteiger charge is -2.39. The third-order valence-electron chi connectivity index (χ3n) is 5.75. The molecular weight excluding hydrogens is 464 g/mol. The van der Waals surface area contributed by atoms with Crippen LogP contribution >= 0.6 is 0 Å². The first-order valence-electron chi connectivity index (χ1n) is 11.7. The van der Waals surface area contributed by atoms with Crippen LogP contribution in [0.3, 0.4) is 0 Å². The summed E-state index contributed by atoms with van der Waals surface area (Å²) in [6.45, 7) is 9.99. The Morgan fingerprint density at radius 1 is 1.22 bits per heavy atom. The van der Waals surface area contributed by atoms with E-state index in [1.165, 1.54) is 6.20 Å². The predicted octanol–water partition coefficient (Wildman–Crippen LogP) is 2.98. The number of hydrogen-bond acceptors (Lipinski definition) is 8. The number of ether oxygens (including phenoxy) is 3. The summed E-state index contributed by atoms with van der Waals surface area (Å²) in [6.07, 6.45) is 3.05. The Morgan fingerprint density at radius 3 is 2.58 bits per heavy atom. The minimum atomic E-state index is -0.559. The highest BCUT2D eigenvalue weighted by Gasteiger charge is 2.35. The molecule has 36 heavy (non-hydrogen) atoms. The van der Waals surface area contributed by atoms with Crippen molar-refractivity contribution in [2.24, 2.45) is 7.05 Å². The fourth-order valence-corrected chi connectivity index (χ4v) is 4.03. The van der Waals surface area contributed by atoms with Gasteiger partial charge in [0.15, 0.2) is 12.6 Å². The molecule has 1 aliphatic heterocycles. The van der Waals surface area contributed by atoms with E-state index in [9.17, 15) is 9.59 Å². The van der Waals surface area contributed by atoms with Crippen LogP contribution in [0, 0.1) is 13.8 Å². The highest BCUT2D eigenvalue weighted by atomic mass is 16.7. The molecule has 1 aliphatic rings. The topological polar surface area (TPSA) is 121 Å². The summed E-state index contributed by atoms with van der Waals surface area (Å²) in [4.78, 5) is 35.7. The molecule has 1 fully saturated rings. The smallest absolute Gasteiger partial charge is 0.410 e. The average Bonchev–Trinajstić information content (AvgIpc) is 3.14. The van der Waals surface area contributed by atoms with Gasteiger partial charge in [0.25, 0.3) is 5.91 Å². The van der Waals surface area contributed by atoms with Gasteiger partial charge in [-0.3, -0.25) is 9.48 Å². The van der Waals surface area contributed by atoms with Crippen LogP contribution in [0.15, 0.2) is 18.5 Å². The Morgan fingerprint density at radius 2 is 1.94 bits per heavy atom. The summed E-state index contributed by atoms with van der Waals surface area (Å²) in [6, 6.07) is 1.77. The fraction of sp³-hybridized carbons (Fsp3) is 0.480. The van der Waals surface area contributed by atoms with Gasteiger partial charge in [0.1, 0.15) is 11.4 Å². The molecule has 11 heteroatoms. The van der Waals surface area contributed by atoms with Gasteiger partial charge < -0.3 is 24.4 Å². The number of likely N-dealkylation sites (tertiary alicyclic amines) is 1. The van der Waals surface area contributed by atoms with Crippen LogP contribution in [0.4, 0.5) is 4.79 Å². The first kappa shape index (κ1) is 25.4. The van der Waals surface area contributed by atoms with E-state index in [2.05, 4.69) is 20.4 Å². The molecule has 3 aromatic rings. The van der Waals surface area contributed by atoms with Crippen molar-refractivity contribution in [3.63, 3.8) is 0 Å². The zero-order valence-corrected chi connectivity index (χ0v) is 21.7. The number of nitrogens with one attached hydrogen (secondary N) is 1. The van der Waals surface area contributed by atoms with E-state index in [4.69, 9.17) is 14.2 Å². The molecule has 1 N–H and O–H groups in total. The van der Waals surface area contributed by atoms with E-state index < -0.39 is 5.60 Å². The zero-order valence-electron chi connectivity index (χ0n) is 21.7. The summed E-state index contributed by atoms with van der Waals surface area (Å²) in [7, 11) is 3.41. The molecule has 192 valence electrons. The van der Waals surface area contributed by atoms with E-state index >= 15 is 0 Å². The van der Waals surface area contributed by atoms with Crippen LogP contribution in [-0.2, 0) is 16.5 Å². The standard InChI is InChI=1S/C25H32N6O5/c1-14-20-16(10-30(6)29-20)8-18(21(14)35-13-34-7)22-26-9-19(15(2)27-22)23(32)28-17-11-31(12-17)24(33)36-25(3,4)5/h8-10,17H,11-13H2,1-7H3,(H,28,32). The molecule has 2 aromatic heterocycles. The van der Waals surface area contributed by atoms with E-state index in [0.717, 1.165) is 16.5 Å². The maximum Gasteiger partial charge on any atom is 0.410 e. The minimum Gasteiger partial charge on any atom is -0.466 e. The summed E-state index contributed by atoms with van der Waals surface area (Å²) in [5.41, 5.74) is 2.70. The van der Waals surface area contributed by atoms with Gasteiger partial charge in [0, 0.05) is 50.6 Å². The SMILES string of the molecule is COCOc1c(-c2ncc(C(=O)NC3CN(C(=O)OC(C)(C)C)C3)c(C)n2)cc2cn(C)nc2c1C. The second-order valence-electron chi connectivity index (χ2n) is 9.92. The molecule has 4 rings (SSSR count). The van der Waals surface area contributed by atoms with Crippen LogP contribution in [0.2, 0.25) is 0 Å². The molecule has 1 saturated heterocycles. The van der Waals surface area contributed by atoms with E-state index in [-0.39, 0.29) is 24.8 Å². The Kier molecular flexibility index (Phi) is 6.85. The van der Waals surface area contributed by atoms with Crippen molar-refractivity contribution in [3.8, 4) is 17.1 Å².